The minimum atomic E-state index is -0.372. The fourth-order valence-corrected chi connectivity index (χ4v) is 4.79. The van der Waals surface area contributed by atoms with Crippen molar-refractivity contribution in [3.05, 3.63) is 44.9 Å². The first-order valence-corrected chi connectivity index (χ1v) is 10.0. The highest BCUT2D eigenvalue weighted by Gasteiger charge is 2.35. The average Bonchev–Trinajstić information content (AvgIpc) is 3.33. The molecule has 0 radical (unpaired) electrons. The van der Waals surface area contributed by atoms with Crippen LogP contribution in [0.5, 0.6) is 0 Å². The first-order valence-electron chi connectivity index (χ1n) is 9.15. The SMILES string of the molecule is CCOC(=O)c1c(C)[nH]c(C(=O)[C@H](C)N2CCC[C@@H]2c2cccs2)c1C. The molecule has 0 aliphatic carbocycles. The van der Waals surface area contributed by atoms with Gasteiger partial charge in [-0.15, -0.1) is 11.3 Å². The van der Waals surface area contributed by atoms with E-state index in [-0.39, 0.29) is 17.8 Å². The third-order valence-corrected chi connectivity index (χ3v) is 6.18. The summed E-state index contributed by atoms with van der Waals surface area (Å²) in [7, 11) is 0. The molecule has 1 aliphatic rings. The van der Waals surface area contributed by atoms with Crippen molar-refractivity contribution in [2.75, 3.05) is 13.2 Å². The lowest BCUT2D eigenvalue weighted by atomic mass is 10.0. The van der Waals surface area contributed by atoms with Gasteiger partial charge in [-0.05, 0) is 64.1 Å². The minimum absolute atomic E-state index is 0.0320. The number of Topliss-reactive ketones (excluding diaryl/α,β-unsaturated/α-hetero) is 1. The van der Waals surface area contributed by atoms with E-state index < -0.39 is 0 Å². The van der Waals surface area contributed by atoms with E-state index in [0.717, 1.165) is 19.4 Å². The first kappa shape index (κ1) is 18.9. The molecule has 26 heavy (non-hydrogen) atoms. The van der Waals surface area contributed by atoms with Crippen molar-refractivity contribution in [1.29, 1.82) is 0 Å². The van der Waals surface area contributed by atoms with Gasteiger partial charge < -0.3 is 9.72 Å². The van der Waals surface area contributed by atoms with Gasteiger partial charge in [-0.1, -0.05) is 6.07 Å². The zero-order valence-corrected chi connectivity index (χ0v) is 16.6. The van der Waals surface area contributed by atoms with E-state index in [9.17, 15) is 9.59 Å². The Bertz CT molecular complexity index is 794. The summed E-state index contributed by atoms with van der Waals surface area (Å²) in [5.74, 6) is -0.340. The number of H-pyrrole nitrogens is 1. The Balaban J connectivity index is 1.85. The fourth-order valence-electron chi connectivity index (χ4n) is 3.90. The van der Waals surface area contributed by atoms with Crippen LogP contribution in [0.15, 0.2) is 17.5 Å². The number of carbonyl (C=O) groups is 2. The van der Waals surface area contributed by atoms with Gasteiger partial charge in [-0.25, -0.2) is 4.79 Å². The van der Waals surface area contributed by atoms with Crippen LogP contribution in [0.4, 0.5) is 0 Å². The van der Waals surface area contributed by atoms with Crippen LogP contribution in [0.25, 0.3) is 0 Å². The maximum Gasteiger partial charge on any atom is 0.340 e. The smallest absolute Gasteiger partial charge is 0.340 e. The molecule has 2 aromatic rings. The summed E-state index contributed by atoms with van der Waals surface area (Å²) in [5, 5.41) is 2.09. The molecule has 1 saturated heterocycles. The molecule has 0 amide bonds. The summed E-state index contributed by atoms with van der Waals surface area (Å²) in [5.41, 5.74) is 2.38. The topological polar surface area (TPSA) is 62.4 Å². The quantitative estimate of drug-likeness (QED) is 0.606. The Morgan fingerprint density at radius 3 is 2.85 bits per heavy atom. The van der Waals surface area contributed by atoms with Crippen molar-refractivity contribution in [3.8, 4) is 0 Å². The van der Waals surface area contributed by atoms with Crippen LogP contribution in [0.3, 0.4) is 0 Å². The monoisotopic (exact) mass is 374 g/mol. The number of likely N-dealkylation sites (tertiary alicyclic amines) is 1. The number of ether oxygens (including phenoxy) is 1. The van der Waals surface area contributed by atoms with E-state index in [2.05, 4.69) is 27.4 Å². The number of hydrogen-bond acceptors (Lipinski definition) is 5. The Hall–Kier alpha value is -1.92. The standard InChI is InChI=1S/C20H26N2O3S/c1-5-25-20(24)17-12(2)18(21-13(17)3)19(23)14(4)22-10-6-8-15(22)16-9-7-11-26-16/h7,9,11,14-15,21H,5-6,8,10H2,1-4H3/t14-,15+/m0/s1. The predicted octanol–water partition coefficient (Wildman–Crippen LogP) is 4.28. The minimum Gasteiger partial charge on any atom is -0.462 e. The molecule has 2 aromatic heterocycles. The van der Waals surface area contributed by atoms with Gasteiger partial charge in [0.1, 0.15) is 0 Å². The third kappa shape index (κ3) is 3.35. The fraction of sp³-hybridized carbons (Fsp3) is 0.500. The van der Waals surface area contributed by atoms with E-state index in [1.54, 1.807) is 18.3 Å². The Labute approximate surface area is 158 Å². The third-order valence-electron chi connectivity index (χ3n) is 5.21. The highest BCUT2D eigenvalue weighted by atomic mass is 32.1. The number of aryl methyl sites for hydroxylation is 1. The Morgan fingerprint density at radius 2 is 2.19 bits per heavy atom. The molecule has 1 aliphatic heterocycles. The van der Waals surface area contributed by atoms with E-state index in [1.807, 2.05) is 20.8 Å². The van der Waals surface area contributed by atoms with Crippen molar-refractivity contribution in [2.45, 2.75) is 52.6 Å². The number of thiophene rings is 1. The molecule has 0 spiro atoms. The highest BCUT2D eigenvalue weighted by molar-refractivity contribution is 7.10. The normalized spacial score (nSPS) is 18.8. The van der Waals surface area contributed by atoms with Gasteiger partial charge in [0.05, 0.1) is 23.9 Å². The number of hydrogen-bond donors (Lipinski definition) is 1. The van der Waals surface area contributed by atoms with Crippen molar-refractivity contribution in [2.24, 2.45) is 0 Å². The summed E-state index contributed by atoms with van der Waals surface area (Å²) >= 11 is 1.75. The second-order valence-corrected chi connectivity index (χ2v) is 7.78. The van der Waals surface area contributed by atoms with Crippen molar-refractivity contribution in [3.63, 3.8) is 0 Å². The second kappa shape index (κ2) is 7.76. The molecule has 2 atom stereocenters. The number of nitrogens with zero attached hydrogens (tertiary/aromatic N) is 1. The summed E-state index contributed by atoms with van der Waals surface area (Å²) in [6, 6.07) is 4.27. The molecule has 1 fully saturated rings. The summed E-state index contributed by atoms with van der Waals surface area (Å²) in [4.78, 5) is 32.1. The molecule has 140 valence electrons. The second-order valence-electron chi connectivity index (χ2n) is 6.80. The Kier molecular flexibility index (Phi) is 5.63. The van der Waals surface area contributed by atoms with Crippen LogP contribution in [-0.2, 0) is 4.74 Å². The van der Waals surface area contributed by atoms with Crippen LogP contribution in [0, 0.1) is 13.8 Å². The molecule has 3 rings (SSSR count). The largest absolute Gasteiger partial charge is 0.462 e. The van der Waals surface area contributed by atoms with Crippen LogP contribution < -0.4 is 0 Å². The summed E-state index contributed by atoms with van der Waals surface area (Å²) < 4.78 is 5.13. The van der Waals surface area contributed by atoms with Crippen molar-refractivity contribution in [1.82, 2.24) is 9.88 Å². The molecule has 0 aromatic carbocycles. The molecule has 0 saturated carbocycles. The van der Waals surface area contributed by atoms with E-state index >= 15 is 0 Å². The number of carbonyl (C=O) groups excluding carboxylic acids is 2. The number of rotatable bonds is 6. The van der Waals surface area contributed by atoms with Crippen LogP contribution in [0.1, 0.15) is 69.7 Å². The van der Waals surface area contributed by atoms with Crippen molar-refractivity contribution < 1.29 is 14.3 Å². The molecule has 0 bridgehead atoms. The number of nitrogens with one attached hydrogen (secondary N) is 1. The number of esters is 1. The first-order chi connectivity index (χ1) is 12.5. The van der Waals surface area contributed by atoms with Gasteiger partial charge in [0, 0.05) is 16.6 Å². The molecular formula is C20H26N2O3S. The van der Waals surface area contributed by atoms with E-state index in [0.29, 0.717) is 35.2 Å². The highest BCUT2D eigenvalue weighted by Crippen LogP contribution is 2.36. The predicted molar refractivity (Wildman–Crippen MR) is 103 cm³/mol. The van der Waals surface area contributed by atoms with Crippen molar-refractivity contribution >= 4 is 23.1 Å². The molecule has 3 heterocycles. The molecular weight excluding hydrogens is 348 g/mol. The molecule has 6 heteroatoms. The van der Waals surface area contributed by atoms with Gasteiger partial charge in [0.15, 0.2) is 5.78 Å². The van der Waals surface area contributed by atoms with Gasteiger partial charge in [-0.2, -0.15) is 0 Å². The number of aromatic nitrogens is 1. The Morgan fingerprint density at radius 1 is 1.42 bits per heavy atom. The zero-order chi connectivity index (χ0) is 18.8. The lowest BCUT2D eigenvalue weighted by molar-refractivity contribution is 0.0525. The van der Waals surface area contributed by atoms with Crippen LogP contribution in [-0.4, -0.2) is 40.8 Å². The van der Waals surface area contributed by atoms with Gasteiger partial charge in [0.25, 0.3) is 0 Å². The average molecular weight is 375 g/mol. The van der Waals surface area contributed by atoms with Gasteiger partial charge >= 0.3 is 5.97 Å². The maximum absolute atomic E-state index is 13.2. The van der Waals surface area contributed by atoms with E-state index in [1.165, 1.54) is 4.88 Å². The molecule has 5 nitrogen and oxygen atoms in total. The summed E-state index contributed by atoms with van der Waals surface area (Å²) in [6.07, 6.45) is 2.17. The van der Waals surface area contributed by atoms with Gasteiger partial charge in [0.2, 0.25) is 0 Å². The molecule has 1 N–H and O–H groups in total. The number of ketones is 1. The maximum atomic E-state index is 13.2. The zero-order valence-electron chi connectivity index (χ0n) is 15.8. The molecule has 0 unspecified atom stereocenters. The number of aromatic amines is 1. The lowest BCUT2D eigenvalue weighted by Gasteiger charge is -2.29. The van der Waals surface area contributed by atoms with Gasteiger partial charge in [-0.3, -0.25) is 9.69 Å². The summed E-state index contributed by atoms with van der Waals surface area (Å²) in [6.45, 7) is 8.61. The van der Waals surface area contributed by atoms with E-state index in [4.69, 9.17) is 4.74 Å². The lowest BCUT2D eigenvalue weighted by Crippen LogP contribution is -2.38. The van der Waals surface area contributed by atoms with Crippen LogP contribution in [0.2, 0.25) is 0 Å². The van der Waals surface area contributed by atoms with Crippen LogP contribution >= 0.6 is 11.3 Å².